The van der Waals surface area contributed by atoms with Gasteiger partial charge in [-0.1, -0.05) is 0 Å². The summed E-state index contributed by atoms with van der Waals surface area (Å²) in [6.07, 6.45) is 0. The molecule has 0 heterocycles. The molecule has 0 aromatic rings. The monoisotopic (exact) mass is 376 g/mol. The summed E-state index contributed by atoms with van der Waals surface area (Å²) in [5.74, 6) is 0. The summed E-state index contributed by atoms with van der Waals surface area (Å²) < 4.78 is 0. The number of quaternary nitrogens is 2. The van der Waals surface area contributed by atoms with Crippen molar-refractivity contribution in [3.63, 3.8) is 0 Å². The van der Waals surface area contributed by atoms with Gasteiger partial charge in [-0.05, 0) is 0 Å². The molecule has 0 saturated heterocycles. The van der Waals surface area contributed by atoms with Crippen molar-refractivity contribution >= 4 is 54.0 Å². The second-order valence-corrected chi connectivity index (χ2v) is 0. The van der Waals surface area contributed by atoms with Crippen LogP contribution in [0, 0.1) is 0 Å². The largest absolute Gasteiger partial charge is 2.00 e. The quantitative estimate of drug-likeness (QED) is 0.478. The molecule has 7 heteroatoms. The fourth-order valence-electron chi connectivity index (χ4n) is 0. The third-order valence-corrected chi connectivity index (χ3v) is 0. The number of hydrogen-bond acceptors (Lipinski definition) is 0. The maximum atomic E-state index is 3.25. The van der Waals surface area contributed by atoms with Crippen molar-refractivity contribution in [1.82, 2.24) is 0 Å². The molecule has 9 heavy (non-hydrogen) atoms. The minimum absolute atomic E-state index is 0. The predicted octanol–water partition coefficient (Wildman–Crippen LogP) is -2.30. The average molecular weight is 376 g/mol. The van der Waals surface area contributed by atoms with Gasteiger partial charge in [0.05, 0.1) is 14.1 Å². The molecule has 0 atom stereocenters. The van der Waals surface area contributed by atoms with Gasteiger partial charge in [0.15, 0.2) is 0 Å². The molecule has 66 valence electrons. The Morgan fingerprint density at radius 1 is 0.556 bits per heavy atom. The fraction of sp³-hybridized carbons (Fsp3) is 1.00. The zero-order valence-corrected chi connectivity index (χ0v) is 11.7. The van der Waals surface area contributed by atoms with Crippen LogP contribution in [-0.4, -0.2) is 14.1 Å². The molecule has 0 amide bonds. The maximum absolute atomic E-state index is 3.25. The molecule has 0 unspecified atom stereocenters. The van der Waals surface area contributed by atoms with Gasteiger partial charge in [-0.15, -0.1) is 0 Å². The van der Waals surface area contributed by atoms with Crippen LogP contribution in [0.1, 0.15) is 0 Å². The van der Waals surface area contributed by atoms with E-state index in [1.54, 1.807) is 14.1 Å². The van der Waals surface area contributed by atoms with Crippen molar-refractivity contribution in [3.8, 4) is 0 Å². The standard InChI is InChI=1S/2CH5N.4S.W/c2*1-2;;;;;/h2*2H2,1H3;;;;;/q;;4*-2;/p+2. The zero-order chi connectivity index (χ0) is 4.00. The van der Waals surface area contributed by atoms with E-state index in [0.29, 0.717) is 0 Å². The first-order valence-electron chi connectivity index (χ1n) is 1.41. The van der Waals surface area contributed by atoms with E-state index in [0.717, 1.165) is 0 Å². The molecular formula is C2H12N2S4W-6. The van der Waals surface area contributed by atoms with Crippen molar-refractivity contribution in [2.75, 3.05) is 14.1 Å². The maximum Gasteiger partial charge on any atom is 0.0634 e. The molecule has 0 fully saturated rings. The minimum Gasteiger partial charge on any atom is -2.00 e. The van der Waals surface area contributed by atoms with Gasteiger partial charge in [0.1, 0.15) is 0 Å². The third kappa shape index (κ3) is 159. The Labute approximate surface area is 99.9 Å². The molecule has 0 aliphatic heterocycles. The Morgan fingerprint density at radius 3 is 0.556 bits per heavy atom. The molecule has 0 spiro atoms. The van der Waals surface area contributed by atoms with Crippen LogP contribution in [0.15, 0.2) is 0 Å². The summed E-state index contributed by atoms with van der Waals surface area (Å²) in [5, 5.41) is 0. The van der Waals surface area contributed by atoms with Gasteiger partial charge in [-0.2, -0.15) is 0 Å². The molecule has 6 N–H and O–H groups in total. The van der Waals surface area contributed by atoms with E-state index >= 15 is 0 Å². The Morgan fingerprint density at radius 2 is 0.556 bits per heavy atom. The number of rotatable bonds is 0. The molecule has 2 nitrogen and oxygen atoms in total. The summed E-state index contributed by atoms with van der Waals surface area (Å²) in [5.41, 5.74) is 6.50. The Kier molecular flexibility index (Phi) is 1540. The van der Waals surface area contributed by atoms with E-state index in [9.17, 15) is 0 Å². The fourth-order valence-corrected chi connectivity index (χ4v) is 0. The van der Waals surface area contributed by atoms with Crippen molar-refractivity contribution in [2.45, 2.75) is 0 Å². The van der Waals surface area contributed by atoms with Gasteiger partial charge < -0.3 is 65.5 Å². The molecule has 0 aliphatic carbocycles. The van der Waals surface area contributed by atoms with E-state index in [-0.39, 0.29) is 75.0 Å². The summed E-state index contributed by atoms with van der Waals surface area (Å²) in [7, 11) is 3.50. The summed E-state index contributed by atoms with van der Waals surface area (Å²) >= 11 is 0. The smallest absolute Gasteiger partial charge is 0.0634 e. The van der Waals surface area contributed by atoms with Crippen LogP contribution in [-0.2, 0) is 75.0 Å². The summed E-state index contributed by atoms with van der Waals surface area (Å²) in [6, 6.07) is 0. The van der Waals surface area contributed by atoms with Crippen LogP contribution in [0.4, 0.5) is 0 Å². The van der Waals surface area contributed by atoms with Gasteiger partial charge in [0, 0.05) is 21.1 Å². The topological polar surface area (TPSA) is 55.3 Å². The minimum atomic E-state index is 0. The van der Waals surface area contributed by atoms with Gasteiger partial charge in [-0.25, -0.2) is 0 Å². The van der Waals surface area contributed by atoms with Gasteiger partial charge in [-0.3, -0.25) is 0 Å². The van der Waals surface area contributed by atoms with Crippen LogP contribution >= 0.6 is 0 Å². The molecule has 0 radical (unpaired) electrons. The first kappa shape index (κ1) is 68.6. The second-order valence-electron chi connectivity index (χ2n) is 0. The van der Waals surface area contributed by atoms with Crippen LogP contribution in [0.2, 0.25) is 0 Å². The van der Waals surface area contributed by atoms with E-state index in [2.05, 4.69) is 11.5 Å². The number of hydrogen-bond donors (Lipinski definition) is 2. The van der Waals surface area contributed by atoms with E-state index in [1.165, 1.54) is 0 Å². The van der Waals surface area contributed by atoms with E-state index < -0.39 is 0 Å². The molecule has 0 aromatic heterocycles. The molecular weight excluding hydrogens is 364 g/mol. The van der Waals surface area contributed by atoms with Crippen molar-refractivity contribution < 1.29 is 32.5 Å². The molecule has 0 rings (SSSR count). The van der Waals surface area contributed by atoms with Crippen LogP contribution in [0.5, 0.6) is 0 Å². The molecule has 0 bridgehead atoms. The van der Waals surface area contributed by atoms with Crippen LogP contribution < -0.4 is 11.5 Å². The second kappa shape index (κ2) is 201. The van der Waals surface area contributed by atoms with E-state index in [1.807, 2.05) is 0 Å². The van der Waals surface area contributed by atoms with Crippen LogP contribution in [0.3, 0.4) is 0 Å². The first-order chi connectivity index (χ1) is 2.00. The average Bonchev–Trinajstić information content (AvgIpc) is 1.50. The third-order valence-electron chi connectivity index (χ3n) is 0. The van der Waals surface area contributed by atoms with Gasteiger partial charge in [0.25, 0.3) is 0 Å². The molecule has 0 aromatic carbocycles. The normalized spacial score (nSPS) is 1.33. The van der Waals surface area contributed by atoms with Gasteiger partial charge in [0.2, 0.25) is 0 Å². The summed E-state index contributed by atoms with van der Waals surface area (Å²) in [6.45, 7) is 0. The van der Waals surface area contributed by atoms with Gasteiger partial charge >= 0.3 is 0 Å². The van der Waals surface area contributed by atoms with Crippen molar-refractivity contribution in [3.05, 3.63) is 0 Å². The summed E-state index contributed by atoms with van der Waals surface area (Å²) in [4.78, 5) is 0. The first-order valence-corrected chi connectivity index (χ1v) is 1.41. The molecule has 0 aliphatic rings. The van der Waals surface area contributed by atoms with E-state index in [4.69, 9.17) is 0 Å². The Balaban J connectivity index is -0.00000000114. The van der Waals surface area contributed by atoms with Crippen LogP contribution in [0.25, 0.3) is 0 Å². The SMILES string of the molecule is C[NH3+].C[NH3+].[S-2].[S-2].[S-2].[S-2].[W]. The predicted molar refractivity (Wildman–Crippen MR) is 47.1 cm³/mol. The van der Waals surface area contributed by atoms with Crippen molar-refractivity contribution in [2.24, 2.45) is 0 Å². The van der Waals surface area contributed by atoms with Crippen molar-refractivity contribution in [1.29, 1.82) is 0 Å². The molecule has 0 saturated carbocycles. The Hall–Kier alpha value is 2.01. The zero-order valence-electron chi connectivity index (χ0n) is 5.46. The Bertz CT molecular complexity index is 16.5.